The van der Waals surface area contributed by atoms with Crippen LogP contribution in [-0.2, 0) is 33.3 Å². The zero-order valence-electron chi connectivity index (χ0n) is 17.4. The zero-order valence-corrected chi connectivity index (χ0v) is 17.4. The van der Waals surface area contributed by atoms with Crippen molar-refractivity contribution in [3.05, 3.63) is 35.1 Å². The number of carbonyl (C=O) groups excluding carboxylic acids is 3. The third-order valence-corrected chi connectivity index (χ3v) is 5.60. The highest BCUT2D eigenvalue weighted by molar-refractivity contribution is 5.96. The molecule has 0 aromatic heterocycles. The van der Waals surface area contributed by atoms with Crippen LogP contribution in [0.2, 0.25) is 0 Å². The summed E-state index contributed by atoms with van der Waals surface area (Å²) in [5.41, 5.74) is -2.64. The number of carbonyl (C=O) groups is 3. The molecule has 164 valence electrons. The summed E-state index contributed by atoms with van der Waals surface area (Å²) in [6.07, 6.45) is 0.495. The average molecular weight is 422 g/mol. The second-order valence-electron chi connectivity index (χ2n) is 8.42. The molecule has 3 aliphatic heterocycles. The number of ether oxygens (including phenoxy) is 4. The van der Waals surface area contributed by atoms with Crippen molar-refractivity contribution < 1.29 is 43.5 Å². The van der Waals surface area contributed by atoms with Crippen molar-refractivity contribution >= 4 is 17.9 Å². The smallest absolute Gasteiger partial charge is 0.343 e. The molecule has 30 heavy (non-hydrogen) atoms. The van der Waals surface area contributed by atoms with E-state index in [2.05, 4.69) is 6.58 Å². The number of hydrogen-bond donors (Lipinski definition) is 2. The first-order chi connectivity index (χ1) is 13.8. The second-order valence-corrected chi connectivity index (χ2v) is 8.42. The Morgan fingerprint density at radius 3 is 2.53 bits per heavy atom. The van der Waals surface area contributed by atoms with Gasteiger partial charge in [-0.1, -0.05) is 6.58 Å². The summed E-state index contributed by atoms with van der Waals surface area (Å²) in [6, 6.07) is 0. The molecule has 0 saturated carbocycles. The van der Waals surface area contributed by atoms with E-state index in [0.29, 0.717) is 6.42 Å². The molecule has 9 nitrogen and oxygen atoms in total. The van der Waals surface area contributed by atoms with Crippen molar-refractivity contribution in [1.82, 2.24) is 0 Å². The van der Waals surface area contributed by atoms with Crippen LogP contribution in [0.1, 0.15) is 47.0 Å². The van der Waals surface area contributed by atoms with E-state index in [1.165, 1.54) is 26.8 Å². The molecule has 4 atom stereocenters. The Balaban J connectivity index is 2.17. The molecule has 0 aromatic rings. The maximum atomic E-state index is 12.5. The van der Waals surface area contributed by atoms with E-state index < -0.39 is 47.6 Å². The van der Waals surface area contributed by atoms with Gasteiger partial charge in [-0.05, 0) is 33.3 Å². The highest BCUT2D eigenvalue weighted by Crippen LogP contribution is 2.49. The topological polar surface area (TPSA) is 129 Å². The van der Waals surface area contributed by atoms with Gasteiger partial charge in [0, 0.05) is 30.9 Å². The normalized spacial score (nSPS) is 37.2. The van der Waals surface area contributed by atoms with E-state index >= 15 is 0 Å². The molecule has 9 heteroatoms. The van der Waals surface area contributed by atoms with Crippen LogP contribution in [0, 0.1) is 0 Å². The molecule has 3 aliphatic rings. The lowest BCUT2D eigenvalue weighted by Gasteiger charge is -2.40. The van der Waals surface area contributed by atoms with Crippen molar-refractivity contribution in [1.29, 1.82) is 0 Å². The van der Waals surface area contributed by atoms with Crippen LogP contribution >= 0.6 is 0 Å². The molecule has 2 bridgehead atoms. The first-order valence-corrected chi connectivity index (χ1v) is 9.60. The third kappa shape index (κ3) is 3.92. The number of rotatable bonds is 4. The van der Waals surface area contributed by atoms with Crippen molar-refractivity contribution in [3.8, 4) is 0 Å². The predicted octanol–water partition coefficient (Wildman–Crippen LogP) is 1.19. The van der Waals surface area contributed by atoms with Gasteiger partial charge in [0.2, 0.25) is 0 Å². The van der Waals surface area contributed by atoms with Gasteiger partial charge in [0.05, 0.1) is 11.2 Å². The molecule has 0 aromatic carbocycles. The third-order valence-electron chi connectivity index (χ3n) is 5.60. The molecule has 0 unspecified atom stereocenters. The molecule has 0 aliphatic carbocycles. The molecular weight excluding hydrogens is 396 g/mol. The lowest BCUT2D eigenvalue weighted by atomic mass is 9.82. The molecule has 3 rings (SSSR count). The fourth-order valence-electron chi connectivity index (χ4n) is 3.86. The Kier molecular flexibility index (Phi) is 5.43. The van der Waals surface area contributed by atoms with E-state index in [0.717, 1.165) is 0 Å². The molecule has 1 fully saturated rings. The molecule has 3 heterocycles. The fourth-order valence-corrected chi connectivity index (χ4v) is 3.86. The minimum atomic E-state index is -1.91. The summed E-state index contributed by atoms with van der Waals surface area (Å²) in [7, 11) is 0. The summed E-state index contributed by atoms with van der Waals surface area (Å²) in [4.78, 5) is 36.1. The standard InChI is InChI=1S/C21H26O9/c1-11(2)17(23)28-15-9-20(5,25)21(26)7-6-19(4,30-21)8-14-16(15)13(18(24)29-14)10-27-12(3)22/h8,15,25-26H,1,6-7,9-10H2,2-5H3/b14-8+/t15-,19+,20-,21-/m1/s1. The average Bonchev–Trinajstić information content (AvgIpc) is 3.09. The van der Waals surface area contributed by atoms with Crippen LogP contribution in [0.4, 0.5) is 0 Å². The monoisotopic (exact) mass is 422 g/mol. The summed E-state index contributed by atoms with van der Waals surface area (Å²) in [5.74, 6) is -3.96. The van der Waals surface area contributed by atoms with Crippen molar-refractivity contribution in [3.63, 3.8) is 0 Å². The van der Waals surface area contributed by atoms with Crippen LogP contribution in [-0.4, -0.2) is 57.8 Å². The number of fused-ring (bicyclic) bond motifs is 3. The van der Waals surface area contributed by atoms with Gasteiger partial charge in [-0.25, -0.2) is 9.59 Å². The lowest BCUT2D eigenvalue weighted by molar-refractivity contribution is -0.298. The van der Waals surface area contributed by atoms with E-state index in [1.807, 2.05) is 0 Å². The Morgan fingerprint density at radius 2 is 1.93 bits per heavy atom. The van der Waals surface area contributed by atoms with Crippen molar-refractivity contribution in [2.24, 2.45) is 0 Å². The van der Waals surface area contributed by atoms with E-state index in [-0.39, 0.29) is 35.3 Å². The van der Waals surface area contributed by atoms with Crippen molar-refractivity contribution in [2.75, 3.05) is 6.61 Å². The van der Waals surface area contributed by atoms with Gasteiger partial charge >= 0.3 is 17.9 Å². The molecule has 2 N–H and O–H groups in total. The van der Waals surface area contributed by atoms with Gasteiger partial charge in [-0.15, -0.1) is 0 Å². The first-order valence-electron chi connectivity index (χ1n) is 9.60. The molecular formula is C21H26O9. The van der Waals surface area contributed by atoms with Crippen LogP contribution in [0.15, 0.2) is 35.1 Å². The van der Waals surface area contributed by atoms with Crippen LogP contribution in [0.5, 0.6) is 0 Å². The number of aliphatic hydroxyl groups is 2. The second kappa shape index (κ2) is 7.33. The largest absolute Gasteiger partial charge is 0.461 e. The minimum Gasteiger partial charge on any atom is -0.461 e. The number of hydrogen-bond acceptors (Lipinski definition) is 9. The van der Waals surface area contributed by atoms with Gasteiger partial charge < -0.3 is 29.2 Å². The van der Waals surface area contributed by atoms with Crippen LogP contribution in [0.25, 0.3) is 0 Å². The maximum absolute atomic E-state index is 12.5. The fraction of sp³-hybridized carbons (Fsp3) is 0.571. The van der Waals surface area contributed by atoms with Gasteiger partial charge in [0.25, 0.3) is 0 Å². The molecule has 1 saturated heterocycles. The Labute approximate surface area is 173 Å². The highest BCUT2D eigenvalue weighted by atomic mass is 16.7. The minimum absolute atomic E-state index is 0.0138. The molecule has 0 spiro atoms. The Bertz CT molecular complexity index is 881. The van der Waals surface area contributed by atoms with Crippen LogP contribution < -0.4 is 0 Å². The molecule has 0 radical (unpaired) electrons. The van der Waals surface area contributed by atoms with Gasteiger partial charge in [0.1, 0.15) is 24.1 Å². The first kappa shape index (κ1) is 22.2. The van der Waals surface area contributed by atoms with Crippen LogP contribution in [0.3, 0.4) is 0 Å². The van der Waals surface area contributed by atoms with Gasteiger partial charge in [-0.3, -0.25) is 4.79 Å². The van der Waals surface area contributed by atoms with E-state index in [9.17, 15) is 24.6 Å². The summed E-state index contributed by atoms with van der Waals surface area (Å²) < 4.78 is 21.7. The number of esters is 3. The highest BCUT2D eigenvalue weighted by Gasteiger charge is 2.58. The zero-order chi connectivity index (χ0) is 22.5. The predicted molar refractivity (Wildman–Crippen MR) is 101 cm³/mol. The Morgan fingerprint density at radius 1 is 1.27 bits per heavy atom. The van der Waals surface area contributed by atoms with Crippen molar-refractivity contribution in [2.45, 2.75) is 70.1 Å². The molecule has 0 amide bonds. The Hall–Kier alpha value is -2.49. The SMILES string of the molecule is C=C(C)C(=O)O[C@@H]1C[C@@](C)(O)[C@@]2(O)CC[C@@](C)(/C=C3/OC(=O)C(COC(C)=O)=C31)O2. The van der Waals surface area contributed by atoms with E-state index in [1.54, 1.807) is 6.92 Å². The van der Waals surface area contributed by atoms with Gasteiger partial charge in [0.15, 0.2) is 5.79 Å². The summed E-state index contributed by atoms with van der Waals surface area (Å²) >= 11 is 0. The summed E-state index contributed by atoms with van der Waals surface area (Å²) in [6.45, 7) is 8.86. The van der Waals surface area contributed by atoms with E-state index in [4.69, 9.17) is 18.9 Å². The maximum Gasteiger partial charge on any atom is 0.343 e. The quantitative estimate of drug-likeness (QED) is 0.390. The summed E-state index contributed by atoms with van der Waals surface area (Å²) in [5, 5.41) is 22.1. The van der Waals surface area contributed by atoms with Gasteiger partial charge in [-0.2, -0.15) is 0 Å². The lowest BCUT2D eigenvalue weighted by Crippen LogP contribution is -2.54.